The number of hydrogen-bond donors (Lipinski definition) is 1. The monoisotopic (exact) mass is 221 g/mol. The standard InChI is InChI=1S/C7H8BrN.ClH/c1-5-6(8)3-2-4-7(5)9;/h2-4H,9H2,1H3;1H. The van der Waals surface area contributed by atoms with Crippen molar-refractivity contribution in [2.24, 2.45) is 0 Å². The van der Waals surface area contributed by atoms with Crippen LogP contribution in [-0.2, 0) is 0 Å². The van der Waals surface area contributed by atoms with E-state index in [0.717, 1.165) is 15.7 Å². The second kappa shape index (κ2) is 3.84. The molecule has 0 bridgehead atoms. The summed E-state index contributed by atoms with van der Waals surface area (Å²) in [4.78, 5) is 0. The minimum Gasteiger partial charge on any atom is -0.398 e. The molecule has 0 saturated carbocycles. The molecule has 0 aliphatic rings. The Balaban J connectivity index is 0.000000810. The summed E-state index contributed by atoms with van der Waals surface area (Å²) in [6.45, 7) is 1.99. The van der Waals surface area contributed by atoms with Crippen LogP contribution in [0.4, 0.5) is 5.69 Å². The van der Waals surface area contributed by atoms with E-state index in [1.807, 2.05) is 25.1 Å². The van der Waals surface area contributed by atoms with Gasteiger partial charge in [-0.3, -0.25) is 0 Å². The molecule has 0 heterocycles. The van der Waals surface area contributed by atoms with Gasteiger partial charge in [-0.15, -0.1) is 12.4 Å². The van der Waals surface area contributed by atoms with Crippen LogP contribution >= 0.6 is 28.3 Å². The van der Waals surface area contributed by atoms with Gasteiger partial charge < -0.3 is 5.73 Å². The first-order valence-electron chi connectivity index (χ1n) is 2.72. The summed E-state index contributed by atoms with van der Waals surface area (Å²) in [5.74, 6) is 0. The van der Waals surface area contributed by atoms with Gasteiger partial charge in [-0.1, -0.05) is 22.0 Å². The quantitative estimate of drug-likeness (QED) is 0.671. The average molecular weight is 223 g/mol. The number of anilines is 1. The van der Waals surface area contributed by atoms with Crippen molar-refractivity contribution in [3.05, 3.63) is 28.2 Å². The zero-order valence-electron chi connectivity index (χ0n) is 5.60. The minimum atomic E-state index is 0. The predicted octanol–water partition coefficient (Wildman–Crippen LogP) is 2.76. The molecule has 3 heteroatoms. The van der Waals surface area contributed by atoms with E-state index in [-0.39, 0.29) is 12.4 Å². The van der Waals surface area contributed by atoms with Crippen LogP contribution in [0.2, 0.25) is 0 Å². The lowest BCUT2D eigenvalue weighted by Gasteiger charge is -1.99. The second-order valence-corrected chi connectivity index (χ2v) is 2.81. The molecule has 0 aliphatic heterocycles. The van der Waals surface area contributed by atoms with Crippen molar-refractivity contribution >= 4 is 34.0 Å². The molecule has 0 fully saturated rings. The number of nitrogen functional groups attached to an aromatic ring is 1. The lowest BCUT2D eigenvalue weighted by Crippen LogP contribution is -1.88. The Morgan fingerprint density at radius 1 is 1.40 bits per heavy atom. The molecule has 0 radical (unpaired) electrons. The highest BCUT2D eigenvalue weighted by Crippen LogP contribution is 2.20. The summed E-state index contributed by atoms with van der Waals surface area (Å²) < 4.78 is 1.07. The van der Waals surface area contributed by atoms with Crippen molar-refractivity contribution in [1.82, 2.24) is 0 Å². The fourth-order valence-corrected chi connectivity index (χ4v) is 1.01. The van der Waals surface area contributed by atoms with Gasteiger partial charge in [0.2, 0.25) is 0 Å². The van der Waals surface area contributed by atoms with Crippen molar-refractivity contribution in [2.45, 2.75) is 6.92 Å². The molecule has 1 aromatic carbocycles. The Morgan fingerprint density at radius 3 is 2.40 bits per heavy atom. The molecule has 0 spiro atoms. The number of halogens is 2. The maximum absolute atomic E-state index is 5.59. The van der Waals surface area contributed by atoms with Gasteiger partial charge in [-0.05, 0) is 24.6 Å². The van der Waals surface area contributed by atoms with Gasteiger partial charge in [-0.2, -0.15) is 0 Å². The molecule has 0 saturated heterocycles. The van der Waals surface area contributed by atoms with Crippen LogP contribution in [0.25, 0.3) is 0 Å². The normalized spacial score (nSPS) is 8.60. The average Bonchev–Trinajstić information content (AvgIpc) is 1.83. The van der Waals surface area contributed by atoms with E-state index < -0.39 is 0 Å². The third-order valence-corrected chi connectivity index (χ3v) is 2.17. The highest BCUT2D eigenvalue weighted by molar-refractivity contribution is 9.10. The molecule has 0 amide bonds. The summed E-state index contributed by atoms with van der Waals surface area (Å²) in [5, 5.41) is 0. The van der Waals surface area contributed by atoms with Crippen LogP contribution in [0.15, 0.2) is 22.7 Å². The number of hydrogen-bond acceptors (Lipinski definition) is 1. The van der Waals surface area contributed by atoms with E-state index in [4.69, 9.17) is 5.73 Å². The van der Waals surface area contributed by atoms with Crippen LogP contribution in [0.5, 0.6) is 0 Å². The molecule has 2 N–H and O–H groups in total. The number of rotatable bonds is 0. The van der Waals surface area contributed by atoms with E-state index >= 15 is 0 Å². The smallest absolute Gasteiger partial charge is 0.0355 e. The lowest BCUT2D eigenvalue weighted by atomic mass is 10.2. The first-order chi connectivity index (χ1) is 4.22. The molecule has 1 rings (SSSR count). The number of benzene rings is 1. The van der Waals surface area contributed by atoms with Crippen molar-refractivity contribution in [3.63, 3.8) is 0 Å². The third kappa shape index (κ3) is 1.89. The van der Waals surface area contributed by atoms with Crippen molar-refractivity contribution in [3.8, 4) is 0 Å². The third-order valence-electron chi connectivity index (χ3n) is 1.31. The van der Waals surface area contributed by atoms with E-state index in [1.165, 1.54) is 0 Å². The Bertz CT molecular complexity index is 205. The number of nitrogens with two attached hydrogens (primary N) is 1. The Morgan fingerprint density at radius 2 is 2.00 bits per heavy atom. The topological polar surface area (TPSA) is 26.0 Å². The summed E-state index contributed by atoms with van der Waals surface area (Å²) in [5.41, 5.74) is 7.54. The van der Waals surface area contributed by atoms with Gasteiger partial charge in [0.1, 0.15) is 0 Å². The SMILES string of the molecule is Cc1c(N)cccc1Br.Cl. The van der Waals surface area contributed by atoms with Crippen molar-refractivity contribution in [1.29, 1.82) is 0 Å². The van der Waals surface area contributed by atoms with E-state index in [9.17, 15) is 0 Å². The van der Waals surface area contributed by atoms with Crippen LogP contribution in [-0.4, -0.2) is 0 Å². The van der Waals surface area contributed by atoms with Crippen LogP contribution in [0.3, 0.4) is 0 Å². The molecular weight excluding hydrogens is 213 g/mol. The van der Waals surface area contributed by atoms with E-state index in [1.54, 1.807) is 0 Å². The summed E-state index contributed by atoms with van der Waals surface area (Å²) in [7, 11) is 0. The first-order valence-corrected chi connectivity index (χ1v) is 3.51. The first kappa shape index (κ1) is 9.79. The van der Waals surface area contributed by atoms with Gasteiger partial charge in [0, 0.05) is 10.2 Å². The summed E-state index contributed by atoms with van der Waals surface area (Å²) in [6.07, 6.45) is 0. The van der Waals surface area contributed by atoms with E-state index in [0.29, 0.717) is 0 Å². The maximum Gasteiger partial charge on any atom is 0.0355 e. The molecule has 0 aromatic heterocycles. The predicted molar refractivity (Wildman–Crippen MR) is 50.5 cm³/mol. The molecule has 56 valence electrons. The highest BCUT2D eigenvalue weighted by Gasteiger charge is 1.94. The minimum absolute atomic E-state index is 0. The van der Waals surface area contributed by atoms with Gasteiger partial charge in [0.25, 0.3) is 0 Å². The Hall–Kier alpha value is -0.210. The second-order valence-electron chi connectivity index (χ2n) is 1.95. The van der Waals surface area contributed by atoms with Gasteiger partial charge in [0.15, 0.2) is 0 Å². The van der Waals surface area contributed by atoms with Gasteiger partial charge in [0.05, 0.1) is 0 Å². The van der Waals surface area contributed by atoms with Gasteiger partial charge in [-0.25, -0.2) is 0 Å². The molecule has 0 atom stereocenters. The fourth-order valence-electron chi connectivity index (χ4n) is 0.624. The van der Waals surface area contributed by atoms with Crippen molar-refractivity contribution < 1.29 is 0 Å². The highest BCUT2D eigenvalue weighted by atomic mass is 79.9. The summed E-state index contributed by atoms with van der Waals surface area (Å²) in [6, 6.07) is 5.79. The van der Waals surface area contributed by atoms with E-state index in [2.05, 4.69) is 15.9 Å². The van der Waals surface area contributed by atoms with Gasteiger partial charge >= 0.3 is 0 Å². The molecule has 0 aliphatic carbocycles. The van der Waals surface area contributed by atoms with Crippen LogP contribution in [0.1, 0.15) is 5.56 Å². The fraction of sp³-hybridized carbons (Fsp3) is 0.143. The molecule has 1 aromatic rings. The Labute approximate surface area is 75.2 Å². The molecule has 10 heavy (non-hydrogen) atoms. The van der Waals surface area contributed by atoms with Crippen LogP contribution < -0.4 is 5.73 Å². The molecular formula is C7H9BrClN. The summed E-state index contributed by atoms with van der Waals surface area (Å²) >= 11 is 3.37. The maximum atomic E-state index is 5.59. The van der Waals surface area contributed by atoms with Crippen LogP contribution in [0, 0.1) is 6.92 Å². The largest absolute Gasteiger partial charge is 0.398 e. The molecule has 0 unspecified atom stereocenters. The zero-order chi connectivity index (χ0) is 6.85. The zero-order valence-corrected chi connectivity index (χ0v) is 8.00. The Kier molecular flexibility index (Phi) is 3.76. The molecule has 1 nitrogen and oxygen atoms in total. The lowest BCUT2D eigenvalue weighted by molar-refractivity contribution is 1.43. The van der Waals surface area contributed by atoms with Crippen molar-refractivity contribution in [2.75, 3.05) is 5.73 Å².